The molecular formula is C19H26N4. The fourth-order valence-corrected chi connectivity index (χ4v) is 3.28. The number of rotatable bonds is 5. The molecule has 1 aromatic carbocycles. The summed E-state index contributed by atoms with van der Waals surface area (Å²) in [5.74, 6) is 1.60. The van der Waals surface area contributed by atoms with E-state index in [0.29, 0.717) is 6.04 Å². The van der Waals surface area contributed by atoms with Crippen LogP contribution in [0.2, 0.25) is 0 Å². The van der Waals surface area contributed by atoms with Crippen molar-refractivity contribution in [1.82, 2.24) is 9.97 Å². The van der Waals surface area contributed by atoms with Crippen molar-refractivity contribution in [1.29, 1.82) is 0 Å². The van der Waals surface area contributed by atoms with E-state index in [2.05, 4.69) is 52.6 Å². The molecule has 0 spiro atoms. The zero-order valence-corrected chi connectivity index (χ0v) is 14.3. The number of hydrogen-bond acceptors (Lipinski definition) is 4. The highest BCUT2D eigenvalue weighted by molar-refractivity contribution is 5.65. The number of hydrogen-bond donors (Lipinski definition) is 2. The quantitative estimate of drug-likeness (QED) is 0.836. The van der Waals surface area contributed by atoms with Crippen LogP contribution >= 0.6 is 0 Å². The monoisotopic (exact) mass is 310 g/mol. The summed E-state index contributed by atoms with van der Waals surface area (Å²) in [5.41, 5.74) is 4.70. The maximum absolute atomic E-state index is 4.68. The normalized spacial score (nSPS) is 14.9. The Morgan fingerprint density at radius 3 is 2.65 bits per heavy atom. The Hall–Kier alpha value is -2.10. The second kappa shape index (κ2) is 6.99. The minimum absolute atomic E-state index is 0.523. The van der Waals surface area contributed by atoms with E-state index in [-0.39, 0.29) is 0 Å². The Morgan fingerprint density at radius 2 is 1.91 bits per heavy atom. The third kappa shape index (κ3) is 3.81. The van der Waals surface area contributed by atoms with Gasteiger partial charge < -0.3 is 10.6 Å². The average molecular weight is 310 g/mol. The number of aryl methyl sites for hydroxylation is 3. The van der Waals surface area contributed by atoms with Crippen LogP contribution in [0.1, 0.15) is 49.4 Å². The third-order valence-electron chi connectivity index (χ3n) is 4.54. The molecule has 1 aliphatic rings. The summed E-state index contributed by atoms with van der Waals surface area (Å²) in [6.07, 6.45) is 6.05. The Bertz CT molecular complexity index is 675. The van der Waals surface area contributed by atoms with Crippen LogP contribution in [0.4, 0.5) is 17.5 Å². The standard InChI is InChI=1S/C19H26N4/c1-4-15-9-7-8-13(2)18(15)22-17-12-14(3)20-19(23-17)21-16-10-5-6-11-16/h7-9,12,16H,4-6,10-11H2,1-3H3,(H2,20,21,22,23). The van der Waals surface area contributed by atoms with Gasteiger partial charge in [-0.25, -0.2) is 4.98 Å². The fraction of sp³-hybridized carbons (Fsp3) is 0.474. The van der Waals surface area contributed by atoms with Crippen LogP contribution in [0, 0.1) is 13.8 Å². The molecule has 1 aromatic heterocycles. The number of anilines is 3. The molecule has 23 heavy (non-hydrogen) atoms. The molecule has 0 radical (unpaired) electrons. The van der Waals surface area contributed by atoms with Gasteiger partial charge >= 0.3 is 0 Å². The molecule has 4 heteroatoms. The van der Waals surface area contributed by atoms with E-state index in [1.165, 1.54) is 42.5 Å². The first-order valence-corrected chi connectivity index (χ1v) is 8.63. The lowest BCUT2D eigenvalue weighted by Gasteiger charge is -2.16. The maximum atomic E-state index is 4.68. The molecule has 0 aliphatic heterocycles. The molecule has 0 saturated heterocycles. The molecule has 1 saturated carbocycles. The molecule has 0 amide bonds. The van der Waals surface area contributed by atoms with Gasteiger partial charge in [-0.2, -0.15) is 4.98 Å². The summed E-state index contributed by atoms with van der Waals surface area (Å²) in [7, 11) is 0. The molecule has 0 atom stereocenters. The van der Waals surface area contributed by atoms with Gasteiger partial charge in [0.25, 0.3) is 0 Å². The van der Waals surface area contributed by atoms with Crippen molar-refractivity contribution in [2.24, 2.45) is 0 Å². The van der Waals surface area contributed by atoms with Gasteiger partial charge in [-0.15, -0.1) is 0 Å². The summed E-state index contributed by atoms with van der Waals surface area (Å²) >= 11 is 0. The number of aromatic nitrogens is 2. The summed E-state index contributed by atoms with van der Waals surface area (Å²) < 4.78 is 0. The highest BCUT2D eigenvalue weighted by atomic mass is 15.2. The molecule has 1 aliphatic carbocycles. The molecule has 4 nitrogen and oxygen atoms in total. The topological polar surface area (TPSA) is 49.8 Å². The van der Waals surface area contributed by atoms with Gasteiger partial charge in [-0.05, 0) is 44.2 Å². The van der Waals surface area contributed by atoms with Crippen molar-refractivity contribution in [3.63, 3.8) is 0 Å². The summed E-state index contributed by atoms with van der Waals surface area (Å²) in [4.78, 5) is 9.22. The van der Waals surface area contributed by atoms with Crippen LogP contribution in [0.25, 0.3) is 0 Å². The van der Waals surface area contributed by atoms with E-state index in [1.54, 1.807) is 0 Å². The van der Waals surface area contributed by atoms with Gasteiger partial charge in [0.15, 0.2) is 0 Å². The molecule has 122 valence electrons. The molecule has 0 unspecified atom stereocenters. The van der Waals surface area contributed by atoms with Crippen molar-refractivity contribution in [2.45, 2.75) is 58.9 Å². The van der Waals surface area contributed by atoms with Crippen molar-refractivity contribution in [3.8, 4) is 0 Å². The van der Waals surface area contributed by atoms with Crippen molar-refractivity contribution < 1.29 is 0 Å². The molecule has 2 aromatic rings. The lowest BCUT2D eigenvalue weighted by Crippen LogP contribution is -2.17. The number of nitrogens with zero attached hydrogens (tertiary/aromatic N) is 2. The smallest absolute Gasteiger partial charge is 0.225 e. The third-order valence-corrected chi connectivity index (χ3v) is 4.54. The first kappa shape index (κ1) is 15.8. The number of nitrogens with one attached hydrogen (secondary N) is 2. The highest BCUT2D eigenvalue weighted by Gasteiger charge is 2.16. The van der Waals surface area contributed by atoms with E-state index < -0.39 is 0 Å². The lowest BCUT2D eigenvalue weighted by molar-refractivity contribution is 0.743. The SMILES string of the molecule is CCc1cccc(C)c1Nc1cc(C)nc(NC2CCCC2)n1. The molecule has 1 heterocycles. The van der Waals surface area contributed by atoms with E-state index in [1.807, 2.05) is 13.0 Å². The predicted octanol–water partition coefficient (Wildman–Crippen LogP) is 4.75. The van der Waals surface area contributed by atoms with Gasteiger partial charge in [0.2, 0.25) is 5.95 Å². The van der Waals surface area contributed by atoms with E-state index in [0.717, 1.165) is 23.9 Å². The van der Waals surface area contributed by atoms with Crippen LogP contribution in [0.15, 0.2) is 24.3 Å². The molecule has 2 N–H and O–H groups in total. The van der Waals surface area contributed by atoms with Crippen LogP contribution in [0.5, 0.6) is 0 Å². The van der Waals surface area contributed by atoms with Crippen LogP contribution < -0.4 is 10.6 Å². The highest BCUT2D eigenvalue weighted by Crippen LogP contribution is 2.26. The lowest BCUT2D eigenvalue weighted by atomic mass is 10.1. The minimum atomic E-state index is 0.523. The number of benzene rings is 1. The first-order chi connectivity index (χ1) is 11.2. The second-order valence-electron chi connectivity index (χ2n) is 6.43. The van der Waals surface area contributed by atoms with Crippen molar-refractivity contribution >= 4 is 17.5 Å². The van der Waals surface area contributed by atoms with Crippen LogP contribution in [-0.4, -0.2) is 16.0 Å². The van der Waals surface area contributed by atoms with E-state index in [9.17, 15) is 0 Å². The predicted molar refractivity (Wildman–Crippen MR) is 96.5 cm³/mol. The maximum Gasteiger partial charge on any atom is 0.225 e. The summed E-state index contributed by atoms with van der Waals surface area (Å²) in [6.45, 7) is 6.33. The second-order valence-corrected chi connectivity index (χ2v) is 6.43. The van der Waals surface area contributed by atoms with Gasteiger partial charge in [-0.3, -0.25) is 0 Å². The zero-order valence-electron chi connectivity index (χ0n) is 14.3. The van der Waals surface area contributed by atoms with Crippen molar-refractivity contribution in [2.75, 3.05) is 10.6 Å². The Labute approximate surface area is 138 Å². The van der Waals surface area contributed by atoms with Crippen LogP contribution in [0.3, 0.4) is 0 Å². The van der Waals surface area contributed by atoms with Gasteiger partial charge in [-0.1, -0.05) is 38.0 Å². The largest absolute Gasteiger partial charge is 0.351 e. The van der Waals surface area contributed by atoms with Crippen LogP contribution in [-0.2, 0) is 6.42 Å². The minimum Gasteiger partial charge on any atom is -0.351 e. The Balaban J connectivity index is 1.84. The van der Waals surface area contributed by atoms with E-state index >= 15 is 0 Å². The first-order valence-electron chi connectivity index (χ1n) is 8.63. The van der Waals surface area contributed by atoms with Gasteiger partial charge in [0.1, 0.15) is 5.82 Å². The van der Waals surface area contributed by atoms with E-state index in [4.69, 9.17) is 0 Å². The number of para-hydroxylation sites is 1. The van der Waals surface area contributed by atoms with Crippen molar-refractivity contribution in [3.05, 3.63) is 41.1 Å². The molecular weight excluding hydrogens is 284 g/mol. The Kier molecular flexibility index (Phi) is 4.79. The Morgan fingerprint density at radius 1 is 1.13 bits per heavy atom. The van der Waals surface area contributed by atoms with Gasteiger partial charge in [0, 0.05) is 23.5 Å². The summed E-state index contributed by atoms with van der Waals surface area (Å²) in [5, 5.41) is 7.00. The fourth-order valence-electron chi connectivity index (χ4n) is 3.28. The molecule has 1 fully saturated rings. The average Bonchev–Trinajstić information content (AvgIpc) is 3.01. The zero-order chi connectivity index (χ0) is 16.2. The van der Waals surface area contributed by atoms with Gasteiger partial charge in [0.05, 0.1) is 0 Å². The summed E-state index contributed by atoms with van der Waals surface area (Å²) in [6, 6.07) is 8.94. The molecule has 0 bridgehead atoms. The molecule has 3 rings (SSSR count).